The molecule has 1 aromatic heterocycles. The lowest BCUT2D eigenvalue weighted by atomic mass is 10.1. The number of rotatable bonds is 4. The van der Waals surface area contributed by atoms with Crippen LogP contribution in [0.4, 0.5) is 10.5 Å². The number of nitrogens with one attached hydrogen (secondary N) is 1. The average Bonchev–Trinajstić information content (AvgIpc) is 3.16. The molecule has 1 fully saturated rings. The third kappa shape index (κ3) is 3.81. The Labute approximate surface area is 156 Å². The van der Waals surface area contributed by atoms with Crippen molar-refractivity contribution in [2.24, 2.45) is 0 Å². The van der Waals surface area contributed by atoms with Crippen molar-refractivity contribution in [3.8, 4) is 23.3 Å². The van der Waals surface area contributed by atoms with E-state index in [-0.39, 0.29) is 18.9 Å². The van der Waals surface area contributed by atoms with E-state index in [1.807, 2.05) is 0 Å². The minimum atomic E-state index is -0.187. The molecule has 9 heteroatoms. The first-order valence-corrected chi connectivity index (χ1v) is 8.70. The van der Waals surface area contributed by atoms with E-state index in [4.69, 9.17) is 18.9 Å². The Kier molecular flexibility index (Phi) is 4.82. The lowest BCUT2D eigenvalue weighted by Gasteiger charge is -2.32. The number of carbonyl (C=O) groups excluding carboxylic acids is 1. The van der Waals surface area contributed by atoms with E-state index in [2.05, 4.69) is 15.3 Å². The standard InChI is InChI=1S/C18H20N4O5/c1-24-16-17(20-7-6-19-16)27-13-3-2-8-22(10-13)18(23)21-12-4-5-14-15(9-12)26-11-25-14/h4-7,9,13H,2-3,8,10-11H2,1H3,(H,21,23). The molecule has 0 saturated carbocycles. The van der Waals surface area contributed by atoms with E-state index >= 15 is 0 Å². The first-order chi connectivity index (χ1) is 13.2. The zero-order chi connectivity index (χ0) is 18.6. The normalized spacial score (nSPS) is 18.1. The number of hydrogen-bond acceptors (Lipinski definition) is 7. The van der Waals surface area contributed by atoms with Gasteiger partial charge in [-0.2, -0.15) is 0 Å². The van der Waals surface area contributed by atoms with Crippen LogP contribution in [-0.4, -0.2) is 54.0 Å². The van der Waals surface area contributed by atoms with Gasteiger partial charge in [0.05, 0.1) is 13.7 Å². The van der Waals surface area contributed by atoms with Crippen LogP contribution in [0.2, 0.25) is 0 Å². The maximum atomic E-state index is 12.6. The van der Waals surface area contributed by atoms with Gasteiger partial charge >= 0.3 is 6.03 Å². The Morgan fingerprint density at radius 2 is 2.04 bits per heavy atom. The van der Waals surface area contributed by atoms with Crippen LogP contribution in [0.25, 0.3) is 0 Å². The molecule has 2 aliphatic rings. The molecule has 0 bridgehead atoms. The van der Waals surface area contributed by atoms with Gasteiger partial charge in [0.1, 0.15) is 6.10 Å². The number of amides is 2. The van der Waals surface area contributed by atoms with E-state index in [1.54, 1.807) is 29.3 Å². The molecule has 0 spiro atoms. The SMILES string of the molecule is COc1nccnc1OC1CCCN(C(=O)Nc2ccc3c(c2)OCO3)C1. The lowest BCUT2D eigenvalue weighted by molar-refractivity contribution is 0.0988. The molecule has 0 radical (unpaired) electrons. The third-order valence-electron chi connectivity index (χ3n) is 4.39. The highest BCUT2D eigenvalue weighted by Crippen LogP contribution is 2.34. The number of aromatic nitrogens is 2. The molecule has 4 rings (SSSR count). The number of methoxy groups -OCH3 is 1. The van der Waals surface area contributed by atoms with Gasteiger partial charge in [-0.05, 0) is 25.0 Å². The predicted octanol–water partition coefficient (Wildman–Crippen LogP) is 2.29. The quantitative estimate of drug-likeness (QED) is 0.880. The fraction of sp³-hybridized carbons (Fsp3) is 0.389. The van der Waals surface area contributed by atoms with Gasteiger partial charge in [-0.25, -0.2) is 14.8 Å². The van der Waals surface area contributed by atoms with Gasteiger partial charge in [-0.3, -0.25) is 0 Å². The fourth-order valence-corrected chi connectivity index (χ4v) is 3.09. The molecule has 27 heavy (non-hydrogen) atoms. The Morgan fingerprint density at radius 3 is 2.89 bits per heavy atom. The number of ether oxygens (including phenoxy) is 4. The monoisotopic (exact) mass is 372 g/mol. The number of hydrogen-bond donors (Lipinski definition) is 1. The summed E-state index contributed by atoms with van der Waals surface area (Å²) in [5.74, 6) is 1.97. The largest absolute Gasteiger partial charge is 0.477 e. The predicted molar refractivity (Wildman–Crippen MR) is 95.4 cm³/mol. The Bertz CT molecular complexity index is 831. The van der Waals surface area contributed by atoms with E-state index in [9.17, 15) is 4.79 Å². The van der Waals surface area contributed by atoms with Crippen molar-refractivity contribution in [1.29, 1.82) is 0 Å². The van der Waals surface area contributed by atoms with Gasteiger partial charge in [0.25, 0.3) is 11.8 Å². The second-order valence-corrected chi connectivity index (χ2v) is 6.20. The second kappa shape index (κ2) is 7.56. The summed E-state index contributed by atoms with van der Waals surface area (Å²) in [6.45, 7) is 1.31. The van der Waals surface area contributed by atoms with Crippen molar-refractivity contribution in [2.45, 2.75) is 18.9 Å². The molecule has 0 aliphatic carbocycles. The number of anilines is 1. The molecule has 1 unspecified atom stereocenters. The maximum Gasteiger partial charge on any atom is 0.321 e. The molecule has 2 aliphatic heterocycles. The molecular formula is C18H20N4O5. The highest BCUT2D eigenvalue weighted by molar-refractivity contribution is 5.89. The first kappa shape index (κ1) is 17.2. The van der Waals surface area contributed by atoms with Crippen molar-refractivity contribution >= 4 is 11.7 Å². The Hall–Kier alpha value is -3.23. The minimum absolute atomic E-state index is 0.174. The summed E-state index contributed by atoms with van der Waals surface area (Å²) >= 11 is 0. The first-order valence-electron chi connectivity index (χ1n) is 8.70. The molecule has 1 aromatic carbocycles. The van der Waals surface area contributed by atoms with Crippen molar-refractivity contribution < 1.29 is 23.7 Å². The van der Waals surface area contributed by atoms with Crippen molar-refractivity contribution in [2.75, 3.05) is 32.3 Å². The molecular weight excluding hydrogens is 352 g/mol. The minimum Gasteiger partial charge on any atom is -0.477 e. The van der Waals surface area contributed by atoms with E-state index < -0.39 is 0 Å². The van der Waals surface area contributed by atoms with E-state index in [0.29, 0.717) is 42.0 Å². The summed E-state index contributed by atoms with van der Waals surface area (Å²) < 4.78 is 21.7. The summed E-state index contributed by atoms with van der Waals surface area (Å²) in [7, 11) is 1.52. The zero-order valence-corrected chi connectivity index (χ0v) is 14.9. The summed E-state index contributed by atoms with van der Waals surface area (Å²) in [5, 5.41) is 2.89. The summed E-state index contributed by atoms with van der Waals surface area (Å²) in [6.07, 6.45) is 4.57. The molecule has 3 heterocycles. The maximum absolute atomic E-state index is 12.6. The van der Waals surface area contributed by atoms with Gasteiger partial charge in [-0.15, -0.1) is 0 Å². The molecule has 1 N–H and O–H groups in total. The number of likely N-dealkylation sites (tertiary alicyclic amines) is 1. The van der Waals surface area contributed by atoms with Gasteiger partial charge in [0.2, 0.25) is 6.79 Å². The van der Waals surface area contributed by atoms with Crippen LogP contribution in [0.1, 0.15) is 12.8 Å². The van der Waals surface area contributed by atoms with Crippen LogP contribution < -0.4 is 24.3 Å². The van der Waals surface area contributed by atoms with Crippen molar-refractivity contribution in [3.63, 3.8) is 0 Å². The number of fused-ring (bicyclic) bond motifs is 1. The van der Waals surface area contributed by atoms with Gasteiger partial charge < -0.3 is 29.2 Å². The zero-order valence-electron chi connectivity index (χ0n) is 14.9. The summed E-state index contributed by atoms with van der Waals surface area (Å²) in [6, 6.07) is 5.13. The van der Waals surface area contributed by atoms with Gasteiger partial charge in [0.15, 0.2) is 11.5 Å². The van der Waals surface area contributed by atoms with E-state index in [0.717, 1.165) is 12.8 Å². The van der Waals surface area contributed by atoms with Gasteiger partial charge in [0, 0.05) is 30.7 Å². The average molecular weight is 372 g/mol. The van der Waals surface area contributed by atoms with E-state index in [1.165, 1.54) is 13.3 Å². The summed E-state index contributed by atoms with van der Waals surface area (Å²) in [5.41, 5.74) is 0.655. The number of benzene rings is 1. The fourth-order valence-electron chi connectivity index (χ4n) is 3.09. The van der Waals surface area contributed by atoms with Crippen molar-refractivity contribution in [3.05, 3.63) is 30.6 Å². The smallest absolute Gasteiger partial charge is 0.321 e. The Morgan fingerprint density at radius 1 is 1.22 bits per heavy atom. The number of nitrogens with zero attached hydrogens (tertiary/aromatic N) is 3. The topological polar surface area (TPSA) is 95.0 Å². The highest BCUT2D eigenvalue weighted by Gasteiger charge is 2.26. The molecule has 1 atom stereocenters. The van der Waals surface area contributed by atoms with Crippen LogP contribution >= 0.6 is 0 Å². The molecule has 9 nitrogen and oxygen atoms in total. The van der Waals surface area contributed by atoms with Crippen LogP contribution in [0, 0.1) is 0 Å². The second-order valence-electron chi connectivity index (χ2n) is 6.20. The van der Waals surface area contributed by atoms with Crippen LogP contribution in [0.3, 0.4) is 0 Å². The lowest BCUT2D eigenvalue weighted by Crippen LogP contribution is -2.46. The number of carbonyl (C=O) groups is 1. The molecule has 2 aromatic rings. The van der Waals surface area contributed by atoms with Crippen LogP contribution in [0.5, 0.6) is 23.3 Å². The van der Waals surface area contributed by atoms with Crippen molar-refractivity contribution in [1.82, 2.24) is 14.9 Å². The summed E-state index contributed by atoms with van der Waals surface area (Å²) in [4.78, 5) is 22.6. The molecule has 2 amide bonds. The highest BCUT2D eigenvalue weighted by atomic mass is 16.7. The van der Waals surface area contributed by atoms with Gasteiger partial charge in [-0.1, -0.05) is 0 Å². The molecule has 142 valence electrons. The number of urea groups is 1. The molecule has 1 saturated heterocycles. The third-order valence-corrected chi connectivity index (χ3v) is 4.39. The van der Waals surface area contributed by atoms with Crippen LogP contribution in [0.15, 0.2) is 30.6 Å². The van der Waals surface area contributed by atoms with Crippen LogP contribution in [-0.2, 0) is 0 Å². The number of piperidine rings is 1. The Balaban J connectivity index is 1.38.